The Morgan fingerprint density at radius 2 is 2.08 bits per heavy atom. The summed E-state index contributed by atoms with van der Waals surface area (Å²) in [5.74, 6) is 0.659. The summed E-state index contributed by atoms with van der Waals surface area (Å²) in [4.78, 5) is 19.9. The summed E-state index contributed by atoms with van der Waals surface area (Å²) in [6, 6.07) is 7.88. The molecule has 0 unspecified atom stereocenters. The number of benzene rings is 1. The van der Waals surface area contributed by atoms with Gasteiger partial charge in [-0.2, -0.15) is 0 Å². The lowest BCUT2D eigenvalue weighted by Gasteiger charge is -2.22. The Kier molecular flexibility index (Phi) is 3.96. The van der Waals surface area contributed by atoms with Crippen LogP contribution in [0.3, 0.4) is 0 Å². The van der Waals surface area contributed by atoms with Crippen molar-refractivity contribution in [1.82, 2.24) is 14.5 Å². The molecule has 1 aromatic carbocycles. The number of pyridine rings is 1. The first-order valence-corrected chi connectivity index (χ1v) is 8.92. The van der Waals surface area contributed by atoms with Crippen LogP contribution < -0.4 is 5.56 Å². The number of aromatic nitrogens is 3. The minimum absolute atomic E-state index is 0.136. The van der Waals surface area contributed by atoms with Crippen molar-refractivity contribution >= 4 is 10.9 Å². The van der Waals surface area contributed by atoms with Crippen LogP contribution in [0.4, 0.5) is 0 Å². The maximum absolute atomic E-state index is 12.5. The normalized spacial score (nSPS) is 16.6. The number of aliphatic hydroxyl groups is 1. The van der Waals surface area contributed by atoms with Crippen molar-refractivity contribution < 1.29 is 5.11 Å². The molecule has 4 rings (SSSR count). The predicted octanol–water partition coefficient (Wildman–Crippen LogP) is 3.40. The summed E-state index contributed by atoms with van der Waals surface area (Å²) in [5.41, 5.74) is 1.86. The van der Waals surface area contributed by atoms with Gasteiger partial charge in [0.15, 0.2) is 0 Å². The summed E-state index contributed by atoms with van der Waals surface area (Å²) < 4.78 is 1.97. The predicted molar refractivity (Wildman–Crippen MR) is 98.6 cm³/mol. The fourth-order valence-corrected chi connectivity index (χ4v) is 3.84. The van der Waals surface area contributed by atoms with Crippen LogP contribution in [0, 0.1) is 6.92 Å². The van der Waals surface area contributed by atoms with Crippen LogP contribution in [-0.4, -0.2) is 25.2 Å². The number of nitrogens with zero attached hydrogens (tertiary/aromatic N) is 2. The van der Waals surface area contributed by atoms with Gasteiger partial charge < -0.3 is 14.7 Å². The van der Waals surface area contributed by atoms with Gasteiger partial charge in [0.05, 0.1) is 11.2 Å². The molecular formula is C20H23N3O2. The summed E-state index contributed by atoms with van der Waals surface area (Å²) >= 11 is 0. The van der Waals surface area contributed by atoms with Gasteiger partial charge in [0.1, 0.15) is 5.82 Å². The van der Waals surface area contributed by atoms with Crippen LogP contribution in [0.2, 0.25) is 0 Å². The van der Waals surface area contributed by atoms with Gasteiger partial charge in [0, 0.05) is 24.5 Å². The maximum Gasteiger partial charge on any atom is 0.259 e. The second-order valence-electron chi connectivity index (χ2n) is 7.23. The highest BCUT2D eigenvalue weighted by molar-refractivity contribution is 5.83. The van der Waals surface area contributed by atoms with Crippen LogP contribution >= 0.6 is 0 Å². The lowest BCUT2D eigenvalue weighted by Crippen LogP contribution is -2.26. The summed E-state index contributed by atoms with van der Waals surface area (Å²) in [6.45, 7) is 2.70. The van der Waals surface area contributed by atoms with Crippen LogP contribution in [-0.2, 0) is 6.54 Å². The maximum atomic E-state index is 12.5. The zero-order chi connectivity index (χ0) is 17.4. The fourth-order valence-electron chi connectivity index (χ4n) is 3.84. The lowest BCUT2D eigenvalue weighted by atomic mass is 9.98. The van der Waals surface area contributed by atoms with E-state index in [-0.39, 0.29) is 5.56 Å². The van der Waals surface area contributed by atoms with Crippen LogP contribution in [0.15, 0.2) is 41.5 Å². The Hall–Kier alpha value is -2.40. The molecule has 25 heavy (non-hydrogen) atoms. The average Bonchev–Trinajstić information content (AvgIpc) is 3.22. The minimum Gasteiger partial charge on any atom is -0.390 e. The molecule has 5 heteroatoms. The molecule has 0 radical (unpaired) electrons. The molecular weight excluding hydrogens is 314 g/mol. The molecule has 0 spiro atoms. The van der Waals surface area contributed by atoms with Gasteiger partial charge in [-0.05, 0) is 49.8 Å². The second-order valence-corrected chi connectivity index (χ2v) is 7.23. The van der Waals surface area contributed by atoms with Crippen molar-refractivity contribution in [2.24, 2.45) is 0 Å². The van der Waals surface area contributed by atoms with Gasteiger partial charge in [0.2, 0.25) is 0 Å². The van der Waals surface area contributed by atoms with Gasteiger partial charge in [-0.25, -0.2) is 4.98 Å². The monoisotopic (exact) mass is 337 g/mol. The Bertz CT molecular complexity index is 964. The van der Waals surface area contributed by atoms with E-state index >= 15 is 0 Å². The standard InChI is InChI=1S/C20H23N3O2/c1-14-4-5-17-15(12-14)13-16(19(24)22-17)18-21-9-11-23(18)10-8-20(25)6-2-3-7-20/h4-5,9,11-13,25H,2-3,6-8,10H2,1H3,(H,22,24). The first-order valence-electron chi connectivity index (χ1n) is 8.92. The number of aryl methyl sites for hydroxylation is 2. The summed E-state index contributed by atoms with van der Waals surface area (Å²) in [5, 5.41) is 11.6. The van der Waals surface area contributed by atoms with Gasteiger partial charge in [-0.15, -0.1) is 0 Å². The number of nitrogens with one attached hydrogen (secondary N) is 1. The molecule has 1 saturated carbocycles. The quantitative estimate of drug-likeness (QED) is 0.766. The molecule has 0 saturated heterocycles. The fraction of sp³-hybridized carbons (Fsp3) is 0.400. The number of rotatable bonds is 4. The molecule has 1 aliphatic carbocycles. The third-order valence-corrected chi connectivity index (χ3v) is 5.31. The average molecular weight is 337 g/mol. The molecule has 3 aromatic rings. The molecule has 0 aliphatic heterocycles. The van der Waals surface area contributed by atoms with E-state index in [1.54, 1.807) is 6.20 Å². The number of hydrogen-bond acceptors (Lipinski definition) is 3. The number of hydrogen-bond donors (Lipinski definition) is 2. The smallest absolute Gasteiger partial charge is 0.259 e. The molecule has 1 fully saturated rings. The van der Waals surface area contributed by atoms with Crippen molar-refractivity contribution in [3.63, 3.8) is 0 Å². The van der Waals surface area contributed by atoms with Gasteiger partial charge in [-0.1, -0.05) is 24.5 Å². The Morgan fingerprint density at radius 1 is 1.28 bits per heavy atom. The van der Waals surface area contributed by atoms with Crippen molar-refractivity contribution in [2.75, 3.05) is 0 Å². The summed E-state index contributed by atoms with van der Waals surface area (Å²) in [7, 11) is 0. The summed E-state index contributed by atoms with van der Waals surface area (Å²) in [6.07, 6.45) is 8.22. The number of imidazole rings is 1. The van der Waals surface area contributed by atoms with Gasteiger partial charge in [0.25, 0.3) is 5.56 Å². The molecule has 130 valence electrons. The largest absolute Gasteiger partial charge is 0.390 e. The molecule has 5 nitrogen and oxygen atoms in total. The van der Waals surface area contributed by atoms with Crippen molar-refractivity contribution in [2.45, 2.75) is 51.2 Å². The van der Waals surface area contributed by atoms with E-state index in [1.807, 2.05) is 35.9 Å². The SMILES string of the molecule is Cc1ccc2[nH]c(=O)c(-c3nccn3CCC3(O)CCCC3)cc2c1. The van der Waals surface area contributed by atoms with E-state index in [0.717, 1.165) is 42.1 Å². The lowest BCUT2D eigenvalue weighted by molar-refractivity contribution is 0.0346. The van der Waals surface area contributed by atoms with Crippen LogP contribution in [0.1, 0.15) is 37.7 Å². The molecule has 0 atom stereocenters. The highest BCUT2D eigenvalue weighted by Gasteiger charge is 2.30. The number of H-pyrrole nitrogens is 1. The minimum atomic E-state index is -0.561. The molecule has 0 amide bonds. The first-order chi connectivity index (χ1) is 12.0. The zero-order valence-corrected chi connectivity index (χ0v) is 14.5. The van der Waals surface area contributed by atoms with E-state index in [2.05, 4.69) is 16.0 Å². The molecule has 2 N–H and O–H groups in total. The molecule has 2 heterocycles. The van der Waals surface area contributed by atoms with E-state index in [4.69, 9.17) is 0 Å². The van der Waals surface area contributed by atoms with E-state index in [0.29, 0.717) is 24.4 Å². The zero-order valence-electron chi connectivity index (χ0n) is 14.5. The highest BCUT2D eigenvalue weighted by atomic mass is 16.3. The number of fused-ring (bicyclic) bond motifs is 1. The molecule has 2 aromatic heterocycles. The van der Waals surface area contributed by atoms with Crippen molar-refractivity contribution in [3.05, 3.63) is 52.6 Å². The third-order valence-electron chi connectivity index (χ3n) is 5.31. The van der Waals surface area contributed by atoms with Crippen LogP contribution in [0.25, 0.3) is 22.3 Å². The topological polar surface area (TPSA) is 70.9 Å². The van der Waals surface area contributed by atoms with Crippen LogP contribution in [0.5, 0.6) is 0 Å². The van der Waals surface area contributed by atoms with Gasteiger partial charge in [-0.3, -0.25) is 4.79 Å². The van der Waals surface area contributed by atoms with Gasteiger partial charge >= 0.3 is 0 Å². The highest BCUT2D eigenvalue weighted by Crippen LogP contribution is 2.33. The number of aromatic amines is 1. The Labute approximate surface area is 146 Å². The Morgan fingerprint density at radius 3 is 2.88 bits per heavy atom. The first kappa shape index (κ1) is 16.1. The molecule has 1 aliphatic rings. The Balaban J connectivity index is 1.68. The molecule has 0 bridgehead atoms. The van der Waals surface area contributed by atoms with Crippen molar-refractivity contribution in [1.29, 1.82) is 0 Å². The second kappa shape index (κ2) is 6.15. The van der Waals surface area contributed by atoms with Crippen molar-refractivity contribution in [3.8, 4) is 11.4 Å². The van der Waals surface area contributed by atoms with E-state index in [9.17, 15) is 9.90 Å². The van der Waals surface area contributed by atoms with E-state index < -0.39 is 5.60 Å². The van der Waals surface area contributed by atoms with E-state index in [1.165, 1.54) is 0 Å². The third kappa shape index (κ3) is 3.12.